The van der Waals surface area contributed by atoms with Crippen LogP contribution in [-0.4, -0.2) is 52.2 Å². The Morgan fingerprint density at radius 2 is 1.95 bits per heavy atom. The molecule has 0 fully saturated rings. The molecule has 2 atom stereocenters. The van der Waals surface area contributed by atoms with Crippen LogP contribution in [0.2, 0.25) is 0 Å². The van der Waals surface area contributed by atoms with Crippen molar-refractivity contribution in [1.82, 2.24) is 5.06 Å². The van der Waals surface area contributed by atoms with Crippen LogP contribution in [0.1, 0.15) is 27.2 Å². The van der Waals surface area contributed by atoms with E-state index in [4.69, 9.17) is 14.7 Å². The molecule has 0 bridgehead atoms. The molecule has 7 heteroatoms. The van der Waals surface area contributed by atoms with Crippen LogP contribution in [0.4, 0.5) is 4.79 Å². The molecule has 0 aromatic rings. The van der Waals surface area contributed by atoms with Gasteiger partial charge in [0, 0.05) is 12.5 Å². The number of ether oxygens (including phenoxy) is 1. The Morgan fingerprint density at radius 3 is 2.37 bits per heavy atom. The number of carbonyl (C=O) groups excluding carboxylic acids is 2. The molecule has 0 heterocycles. The van der Waals surface area contributed by atoms with E-state index in [0.29, 0.717) is 0 Å². The molecule has 2 N–H and O–H groups in total. The van der Waals surface area contributed by atoms with Crippen molar-refractivity contribution >= 4 is 12.1 Å². The number of rotatable bonds is 6. The molecule has 1 amide bonds. The number of nitrogens with zero attached hydrogens (tertiary/aromatic N) is 1. The molecule has 19 heavy (non-hydrogen) atoms. The highest BCUT2D eigenvalue weighted by Crippen LogP contribution is 2.09. The van der Waals surface area contributed by atoms with Gasteiger partial charge in [-0.15, -0.1) is 5.06 Å². The summed E-state index contributed by atoms with van der Waals surface area (Å²) in [5.41, 5.74) is 0. The van der Waals surface area contributed by atoms with Crippen molar-refractivity contribution in [3.8, 4) is 0 Å². The Bertz CT molecular complexity index is 317. The zero-order valence-electron chi connectivity index (χ0n) is 11.4. The van der Waals surface area contributed by atoms with Crippen molar-refractivity contribution in [2.24, 2.45) is 0 Å². The van der Waals surface area contributed by atoms with Gasteiger partial charge >= 0.3 is 12.1 Å². The summed E-state index contributed by atoms with van der Waals surface area (Å²) < 4.78 is 5.00. The Balaban J connectivity index is 4.48. The summed E-state index contributed by atoms with van der Waals surface area (Å²) in [6.45, 7) is 7.66. The quantitative estimate of drug-likeness (QED) is 0.544. The fourth-order valence-electron chi connectivity index (χ4n) is 1.22. The van der Waals surface area contributed by atoms with Crippen LogP contribution in [0.5, 0.6) is 0 Å². The fraction of sp³-hybridized carbons (Fsp3) is 0.667. The SMILES string of the molecule is C=CC(=O)ON(C(=O)OC(C)CC(O)CO)C(C)C. The molecular weight excluding hydrogens is 254 g/mol. The summed E-state index contributed by atoms with van der Waals surface area (Å²) in [7, 11) is 0. The predicted molar refractivity (Wildman–Crippen MR) is 66.9 cm³/mol. The number of hydrogen-bond donors (Lipinski definition) is 2. The summed E-state index contributed by atoms with van der Waals surface area (Å²) in [5.74, 6) is -0.770. The second-order valence-corrected chi connectivity index (χ2v) is 4.30. The predicted octanol–water partition coefficient (Wildman–Crippen LogP) is 0.609. The second-order valence-electron chi connectivity index (χ2n) is 4.30. The lowest BCUT2D eigenvalue weighted by molar-refractivity contribution is -0.183. The van der Waals surface area contributed by atoms with Crippen LogP contribution in [0.15, 0.2) is 12.7 Å². The first-order chi connectivity index (χ1) is 8.81. The molecule has 0 saturated heterocycles. The van der Waals surface area contributed by atoms with Crippen molar-refractivity contribution in [2.75, 3.05) is 6.61 Å². The van der Waals surface area contributed by atoms with Crippen LogP contribution in [-0.2, 0) is 14.4 Å². The molecule has 0 aliphatic heterocycles. The first kappa shape index (κ1) is 17.4. The molecule has 7 nitrogen and oxygen atoms in total. The van der Waals surface area contributed by atoms with E-state index in [-0.39, 0.29) is 6.42 Å². The van der Waals surface area contributed by atoms with Crippen molar-refractivity contribution in [3.05, 3.63) is 12.7 Å². The van der Waals surface area contributed by atoms with Gasteiger partial charge in [0.15, 0.2) is 0 Å². The van der Waals surface area contributed by atoms with Crippen molar-refractivity contribution < 1.29 is 29.4 Å². The van der Waals surface area contributed by atoms with Gasteiger partial charge in [-0.05, 0) is 20.8 Å². The third-order valence-electron chi connectivity index (χ3n) is 2.12. The monoisotopic (exact) mass is 275 g/mol. The largest absolute Gasteiger partial charge is 0.444 e. The maximum absolute atomic E-state index is 11.8. The van der Waals surface area contributed by atoms with Crippen LogP contribution >= 0.6 is 0 Å². The Hall–Kier alpha value is -1.60. The lowest BCUT2D eigenvalue weighted by atomic mass is 10.2. The summed E-state index contributed by atoms with van der Waals surface area (Å²) in [6, 6.07) is -0.411. The molecule has 0 rings (SSSR count). The lowest BCUT2D eigenvalue weighted by Crippen LogP contribution is -2.40. The lowest BCUT2D eigenvalue weighted by Gasteiger charge is -2.25. The fourth-order valence-corrected chi connectivity index (χ4v) is 1.22. The minimum absolute atomic E-state index is 0.0869. The van der Waals surface area contributed by atoms with E-state index in [2.05, 4.69) is 6.58 Å². The topological polar surface area (TPSA) is 96.3 Å². The van der Waals surface area contributed by atoms with Gasteiger partial charge in [-0.3, -0.25) is 0 Å². The number of aliphatic hydroxyl groups is 2. The molecule has 0 saturated carbocycles. The molecule has 0 aromatic carbocycles. The third-order valence-corrected chi connectivity index (χ3v) is 2.12. The van der Waals surface area contributed by atoms with E-state index in [9.17, 15) is 14.7 Å². The zero-order valence-corrected chi connectivity index (χ0v) is 11.4. The van der Waals surface area contributed by atoms with E-state index in [0.717, 1.165) is 11.1 Å². The molecule has 110 valence electrons. The number of aliphatic hydroxyl groups excluding tert-OH is 2. The number of carbonyl (C=O) groups is 2. The third kappa shape index (κ3) is 6.78. The van der Waals surface area contributed by atoms with Gasteiger partial charge in [0.2, 0.25) is 0 Å². The van der Waals surface area contributed by atoms with Gasteiger partial charge < -0.3 is 19.8 Å². The van der Waals surface area contributed by atoms with Crippen molar-refractivity contribution in [2.45, 2.75) is 45.4 Å². The van der Waals surface area contributed by atoms with Gasteiger partial charge in [0.25, 0.3) is 0 Å². The van der Waals surface area contributed by atoms with Crippen LogP contribution < -0.4 is 0 Å². The Kier molecular flexibility index (Phi) is 7.78. The highest BCUT2D eigenvalue weighted by molar-refractivity contribution is 5.82. The molecule has 0 aliphatic rings. The number of hydrogen-bond acceptors (Lipinski definition) is 6. The highest BCUT2D eigenvalue weighted by atomic mass is 16.8. The average molecular weight is 275 g/mol. The summed E-state index contributed by atoms with van der Waals surface area (Å²) in [6.07, 6.45) is -1.42. The van der Waals surface area contributed by atoms with Crippen molar-refractivity contribution in [1.29, 1.82) is 0 Å². The standard InChI is InChI=1S/C12H21NO6/c1-5-11(16)19-13(8(2)3)12(17)18-9(4)6-10(15)7-14/h5,8-10,14-15H,1,6-7H2,2-4H3. The summed E-state index contributed by atoms with van der Waals surface area (Å²) in [5, 5.41) is 18.7. The van der Waals surface area contributed by atoms with Gasteiger partial charge in [-0.1, -0.05) is 6.58 Å². The summed E-state index contributed by atoms with van der Waals surface area (Å²) >= 11 is 0. The van der Waals surface area contributed by atoms with Crippen LogP contribution in [0.25, 0.3) is 0 Å². The second kappa shape index (κ2) is 8.49. The minimum Gasteiger partial charge on any atom is -0.444 e. The van der Waals surface area contributed by atoms with E-state index in [1.807, 2.05) is 0 Å². The van der Waals surface area contributed by atoms with E-state index in [1.165, 1.54) is 0 Å². The Labute approximate surface area is 112 Å². The number of amides is 1. The van der Waals surface area contributed by atoms with E-state index < -0.39 is 36.9 Å². The molecule has 0 spiro atoms. The zero-order chi connectivity index (χ0) is 15.0. The van der Waals surface area contributed by atoms with E-state index in [1.54, 1.807) is 20.8 Å². The Morgan fingerprint density at radius 1 is 1.37 bits per heavy atom. The van der Waals surface area contributed by atoms with Gasteiger partial charge in [-0.2, -0.15) is 0 Å². The normalized spacial score (nSPS) is 13.6. The van der Waals surface area contributed by atoms with Crippen LogP contribution in [0, 0.1) is 0 Å². The first-order valence-corrected chi connectivity index (χ1v) is 5.94. The van der Waals surface area contributed by atoms with Gasteiger partial charge in [0.05, 0.1) is 18.8 Å². The van der Waals surface area contributed by atoms with Crippen LogP contribution in [0.3, 0.4) is 0 Å². The first-order valence-electron chi connectivity index (χ1n) is 5.94. The average Bonchev–Trinajstić information content (AvgIpc) is 2.34. The summed E-state index contributed by atoms with van der Waals surface area (Å²) in [4.78, 5) is 27.6. The van der Waals surface area contributed by atoms with Gasteiger partial charge in [0.1, 0.15) is 6.10 Å². The van der Waals surface area contributed by atoms with Gasteiger partial charge in [-0.25, -0.2) is 9.59 Å². The number of hydroxylamine groups is 2. The van der Waals surface area contributed by atoms with Crippen molar-refractivity contribution in [3.63, 3.8) is 0 Å². The molecule has 0 aromatic heterocycles. The molecule has 2 unspecified atom stereocenters. The molecule has 0 radical (unpaired) electrons. The molecular formula is C12H21NO6. The maximum Gasteiger partial charge on any atom is 0.443 e. The smallest absolute Gasteiger partial charge is 0.443 e. The molecule has 0 aliphatic carbocycles. The minimum atomic E-state index is -0.967. The van der Waals surface area contributed by atoms with E-state index >= 15 is 0 Å². The maximum atomic E-state index is 11.8. The highest BCUT2D eigenvalue weighted by Gasteiger charge is 2.25.